The zero-order chi connectivity index (χ0) is 19.3. The molecule has 0 aliphatic heterocycles. The molecule has 0 heterocycles. The summed E-state index contributed by atoms with van der Waals surface area (Å²) in [6.45, 7) is 1.69. The smallest absolute Gasteiger partial charge is 0.316 e. The van der Waals surface area contributed by atoms with Gasteiger partial charge in [-0.1, -0.05) is 29.8 Å². The summed E-state index contributed by atoms with van der Waals surface area (Å²) in [5, 5.41) is 11.6. The second-order valence-electron chi connectivity index (χ2n) is 5.25. The highest BCUT2D eigenvalue weighted by Gasteiger charge is 2.19. The molecule has 0 spiro atoms. The van der Waals surface area contributed by atoms with Gasteiger partial charge in [0.2, 0.25) is 5.91 Å². The lowest BCUT2D eigenvalue weighted by Gasteiger charge is -2.14. The third-order valence-electron chi connectivity index (χ3n) is 3.44. The summed E-state index contributed by atoms with van der Waals surface area (Å²) in [6, 6.07) is 10.8. The average Bonchev–Trinajstić information content (AvgIpc) is 2.59. The second kappa shape index (κ2) is 8.68. The van der Waals surface area contributed by atoms with Crippen LogP contribution in [0.15, 0.2) is 47.4 Å². The predicted molar refractivity (Wildman–Crippen MR) is 98.3 cm³/mol. The number of nitro groups is 1. The Morgan fingerprint density at radius 1 is 1.31 bits per heavy atom. The Morgan fingerprint density at radius 2 is 2.00 bits per heavy atom. The molecule has 0 saturated heterocycles. The third kappa shape index (κ3) is 4.96. The Kier molecular flexibility index (Phi) is 6.59. The molecule has 26 heavy (non-hydrogen) atoms. The van der Waals surface area contributed by atoms with Crippen molar-refractivity contribution >= 4 is 40.9 Å². The van der Waals surface area contributed by atoms with E-state index in [1.807, 2.05) is 0 Å². The van der Waals surface area contributed by atoms with Gasteiger partial charge in [-0.15, -0.1) is 11.8 Å². The lowest BCUT2D eigenvalue weighted by Crippen LogP contribution is -2.12. The number of esters is 1. The minimum Gasteiger partial charge on any atom is -0.457 e. The van der Waals surface area contributed by atoms with E-state index in [9.17, 15) is 19.7 Å². The third-order valence-corrected chi connectivity index (χ3v) is 4.82. The molecule has 2 aromatic rings. The maximum absolute atomic E-state index is 12.0. The number of halogens is 1. The molecule has 0 fully saturated rings. The first-order valence-electron chi connectivity index (χ1n) is 7.44. The fourth-order valence-electron chi connectivity index (χ4n) is 2.17. The normalized spacial score (nSPS) is 11.6. The summed E-state index contributed by atoms with van der Waals surface area (Å²) < 4.78 is 5.31. The number of nitrogens with two attached hydrogens (primary N) is 1. The second-order valence-corrected chi connectivity index (χ2v) is 6.67. The van der Waals surface area contributed by atoms with Crippen molar-refractivity contribution in [2.24, 2.45) is 5.73 Å². The average molecular weight is 395 g/mol. The fourth-order valence-corrected chi connectivity index (χ4v) is 3.25. The molecule has 1 atom stereocenters. The van der Waals surface area contributed by atoms with Crippen LogP contribution in [0.3, 0.4) is 0 Å². The van der Waals surface area contributed by atoms with Crippen LogP contribution in [0.25, 0.3) is 0 Å². The Labute approximate surface area is 158 Å². The summed E-state index contributed by atoms with van der Waals surface area (Å²) in [5.41, 5.74) is 5.53. The Hall–Kier alpha value is -2.58. The van der Waals surface area contributed by atoms with Gasteiger partial charge in [0.1, 0.15) is 6.10 Å². The van der Waals surface area contributed by atoms with Crippen molar-refractivity contribution in [2.75, 3.05) is 5.75 Å². The van der Waals surface area contributed by atoms with E-state index in [0.29, 0.717) is 10.6 Å². The van der Waals surface area contributed by atoms with Gasteiger partial charge in [-0.3, -0.25) is 19.7 Å². The van der Waals surface area contributed by atoms with E-state index in [1.54, 1.807) is 31.2 Å². The summed E-state index contributed by atoms with van der Waals surface area (Å²) in [6.07, 6.45) is -0.552. The Morgan fingerprint density at radius 3 is 2.62 bits per heavy atom. The van der Waals surface area contributed by atoms with Crippen molar-refractivity contribution in [2.45, 2.75) is 17.9 Å². The number of nitrogens with zero attached hydrogens (tertiary/aromatic N) is 1. The molecular weight excluding hydrogens is 380 g/mol. The number of carbonyl (C=O) groups is 2. The van der Waals surface area contributed by atoms with E-state index in [1.165, 1.54) is 12.1 Å². The minimum absolute atomic E-state index is 0.0240. The number of primary amides is 1. The van der Waals surface area contributed by atoms with Gasteiger partial charge in [0.25, 0.3) is 5.69 Å². The molecule has 7 nitrogen and oxygen atoms in total. The number of rotatable bonds is 7. The molecule has 2 aromatic carbocycles. The summed E-state index contributed by atoms with van der Waals surface area (Å²) in [5.74, 6) is -1.45. The van der Waals surface area contributed by atoms with Crippen molar-refractivity contribution in [1.29, 1.82) is 0 Å². The number of thioether (sulfide) groups is 1. The van der Waals surface area contributed by atoms with Gasteiger partial charge in [0.15, 0.2) is 0 Å². The van der Waals surface area contributed by atoms with Gasteiger partial charge in [-0.25, -0.2) is 0 Å². The highest BCUT2D eigenvalue weighted by Crippen LogP contribution is 2.31. The van der Waals surface area contributed by atoms with Crippen LogP contribution in [0.2, 0.25) is 5.02 Å². The maximum Gasteiger partial charge on any atom is 0.316 e. The van der Waals surface area contributed by atoms with Gasteiger partial charge in [-0.2, -0.15) is 0 Å². The molecule has 0 unspecified atom stereocenters. The zero-order valence-corrected chi connectivity index (χ0v) is 15.3. The van der Waals surface area contributed by atoms with E-state index in [2.05, 4.69) is 0 Å². The SMILES string of the molecule is C[C@@H](OC(=O)CSc1ccc(C(N)=O)cc1[N+](=O)[O-])c1ccccc1Cl. The number of hydrogen-bond donors (Lipinski definition) is 1. The van der Waals surface area contributed by atoms with Gasteiger partial charge in [0, 0.05) is 22.2 Å². The van der Waals surface area contributed by atoms with Gasteiger partial charge in [0.05, 0.1) is 15.6 Å². The van der Waals surface area contributed by atoms with Crippen molar-refractivity contribution in [3.8, 4) is 0 Å². The first-order valence-corrected chi connectivity index (χ1v) is 8.81. The summed E-state index contributed by atoms with van der Waals surface area (Å²) >= 11 is 7.01. The van der Waals surface area contributed by atoms with Crippen LogP contribution in [-0.4, -0.2) is 22.6 Å². The lowest BCUT2D eigenvalue weighted by molar-refractivity contribution is -0.387. The largest absolute Gasteiger partial charge is 0.457 e. The molecular formula is C17H15ClN2O5S. The topological polar surface area (TPSA) is 113 Å². The van der Waals surface area contributed by atoms with Crippen LogP contribution in [-0.2, 0) is 9.53 Å². The van der Waals surface area contributed by atoms with Crippen LogP contribution in [0, 0.1) is 10.1 Å². The highest BCUT2D eigenvalue weighted by atomic mass is 35.5. The minimum atomic E-state index is -0.766. The monoisotopic (exact) mass is 394 g/mol. The van der Waals surface area contributed by atoms with E-state index in [4.69, 9.17) is 22.1 Å². The van der Waals surface area contributed by atoms with Crippen molar-refractivity contribution in [1.82, 2.24) is 0 Å². The van der Waals surface area contributed by atoms with E-state index in [-0.39, 0.29) is 21.9 Å². The van der Waals surface area contributed by atoms with Gasteiger partial charge >= 0.3 is 5.97 Å². The van der Waals surface area contributed by atoms with Crippen LogP contribution >= 0.6 is 23.4 Å². The quantitative estimate of drug-likeness (QED) is 0.331. The maximum atomic E-state index is 12.0. The number of nitro benzene ring substituents is 1. The van der Waals surface area contributed by atoms with Crippen LogP contribution in [0.5, 0.6) is 0 Å². The number of ether oxygens (including phenoxy) is 1. The standard InChI is InChI=1S/C17H15ClN2O5S/c1-10(12-4-2-3-5-13(12)18)25-16(21)9-26-15-7-6-11(17(19)22)8-14(15)20(23)24/h2-8,10H,9H2,1H3,(H2,19,22)/t10-/m1/s1. The van der Waals surface area contributed by atoms with E-state index in [0.717, 1.165) is 17.8 Å². The molecule has 0 saturated carbocycles. The Bertz CT molecular complexity index is 859. The number of amides is 1. The summed E-state index contributed by atoms with van der Waals surface area (Å²) in [4.78, 5) is 33.9. The molecule has 1 amide bonds. The highest BCUT2D eigenvalue weighted by molar-refractivity contribution is 8.00. The molecule has 0 bridgehead atoms. The molecule has 2 rings (SSSR count). The molecule has 0 aromatic heterocycles. The molecule has 9 heteroatoms. The van der Waals surface area contributed by atoms with Crippen LogP contribution < -0.4 is 5.73 Å². The molecule has 0 aliphatic rings. The lowest BCUT2D eigenvalue weighted by atomic mass is 10.1. The molecule has 136 valence electrons. The van der Waals surface area contributed by atoms with E-state index < -0.39 is 22.9 Å². The Balaban J connectivity index is 2.04. The predicted octanol–water partition coefficient (Wildman–Crippen LogP) is 3.74. The van der Waals surface area contributed by atoms with Crippen molar-refractivity contribution < 1.29 is 19.2 Å². The van der Waals surface area contributed by atoms with Gasteiger partial charge in [-0.05, 0) is 25.1 Å². The van der Waals surface area contributed by atoms with Crippen LogP contribution in [0.1, 0.15) is 28.9 Å². The van der Waals surface area contributed by atoms with Crippen molar-refractivity contribution in [3.63, 3.8) is 0 Å². The number of benzene rings is 2. The molecule has 2 N–H and O–H groups in total. The molecule has 0 aliphatic carbocycles. The summed E-state index contributed by atoms with van der Waals surface area (Å²) in [7, 11) is 0. The number of carbonyl (C=O) groups excluding carboxylic acids is 2. The first kappa shape index (κ1) is 19.7. The van der Waals surface area contributed by atoms with Gasteiger partial charge < -0.3 is 10.5 Å². The molecule has 0 radical (unpaired) electrons. The fraction of sp³-hybridized carbons (Fsp3) is 0.176. The zero-order valence-electron chi connectivity index (χ0n) is 13.7. The number of hydrogen-bond acceptors (Lipinski definition) is 6. The van der Waals surface area contributed by atoms with Crippen LogP contribution in [0.4, 0.5) is 5.69 Å². The van der Waals surface area contributed by atoms with Crippen molar-refractivity contribution in [3.05, 3.63) is 68.7 Å². The first-order chi connectivity index (χ1) is 12.3. The van der Waals surface area contributed by atoms with E-state index >= 15 is 0 Å².